The predicted octanol–water partition coefficient (Wildman–Crippen LogP) is 2.46. The fraction of sp³-hybridized carbons (Fsp3) is 0.761. The van der Waals surface area contributed by atoms with Gasteiger partial charge in [-0.3, -0.25) is 33.7 Å². The number of likely N-dealkylation sites (tertiary alicyclic amines) is 1. The first kappa shape index (κ1) is 52.6. The minimum Gasteiger partial charge on any atom is -0.461 e. The summed E-state index contributed by atoms with van der Waals surface area (Å²) in [4.78, 5) is 119. The number of cyclic esters (lactones) is 1. The summed E-state index contributed by atoms with van der Waals surface area (Å²) >= 11 is 0. The third-order valence-electron chi connectivity index (χ3n) is 12.8. The number of piperidine rings is 2. The fourth-order valence-corrected chi connectivity index (χ4v) is 8.80. The van der Waals surface area contributed by atoms with Crippen LogP contribution < -0.4 is 31.9 Å². The molecule has 5 fully saturated rings. The molecule has 0 radical (unpaired) electrons. The summed E-state index contributed by atoms with van der Waals surface area (Å²) in [5, 5.41) is 16.9. The molecule has 19 nitrogen and oxygen atoms in total. The third-order valence-corrected chi connectivity index (χ3v) is 12.8. The van der Waals surface area contributed by atoms with Gasteiger partial charge in [-0.15, -0.1) is 6.58 Å². The number of rotatable bonds is 9. The number of hydrogen-bond acceptors (Lipinski definition) is 12. The molecule has 5 rings (SSSR count). The largest absolute Gasteiger partial charge is 0.461 e. The van der Waals surface area contributed by atoms with Gasteiger partial charge in [0.15, 0.2) is 6.04 Å². The van der Waals surface area contributed by atoms with E-state index in [2.05, 4.69) is 57.1 Å². The minimum absolute atomic E-state index is 0.000157. The van der Waals surface area contributed by atoms with Crippen molar-refractivity contribution in [3.63, 3.8) is 0 Å². The van der Waals surface area contributed by atoms with Gasteiger partial charge < -0.3 is 46.3 Å². The molecule has 65 heavy (non-hydrogen) atoms. The Kier molecular flexibility index (Phi) is 17.4. The van der Waals surface area contributed by atoms with Crippen LogP contribution in [0.1, 0.15) is 121 Å². The van der Waals surface area contributed by atoms with Gasteiger partial charge in [-0.05, 0) is 68.2 Å². The van der Waals surface area contributed by atoms with Crippen molar-refractivity contribution < 1.29 is 52.6 Å². The van der Waals surface area contributed by atoms with Crippen molar-refractivity contribution in [2.45, 2.75) is 156 Å². The molecule has 7 atom stereocenters. The summed E-state index contributed by atoms with van der Waals surface area (Å²) in [5.74, 6) is -3.52. The number of hydrogen-bond donors (Lipinski definition) is 6. The lowest BCUT2D eigenvalue weighted by Crippen LogP contribution is -2.62. The Morgan fingerprint density at radius 2 is 1.54 bits per heavy atom. The second-order valence-electron chi connectivity index (χ2n) is 21.4. The molecule has 4 aliphatic heterocycles. The second-order valence-corrected chi connectivity index (χ2v) is 21.4. The molecule has 0 spiro atoms. The zero-order valence-electron chi connectivity index (χ0n) is 40.1. The van der Waals surface area contributed by atoms with Gasteiger partial charge in [0.2, 0.25) is 29.4 Å². The Bertz CT molecular complexity index is 1820. The van der Waals surface area contributed by atoms with Gasteiger partial charge in [0.05, 0.1) is 12.1 Å². The van der Waals surface area contributed by atoms with E-state index in [1.165, 1.54) is 15.9 Å². The molecular weight excluding hydrogens is 841 g/mol. The van der Waals surface area contributed by atoms with Crippen molar-refractivity contribution in [2.75, 3.05) is 39.3 Å². The molecule has 0 aromatic heterocycles. The van der Waals surface area contributed by atoms with E-state index < -0.39 is 88.2 Å². The van der Waals surface area contributed by atoms with Crippen LogP contribution in [-0.4, -0.2) is 138 Å². The lowest BCUT2D eigenvalue weighted by molar-refractivity contribution is -0.162. The van der Waals surface area contributed by atoms with Gasteiger partial charge in [-0.2, -0.15) is 0 Å². The van der Waals surface area contributed by atoms with Crippen LogP contribution in [0.3, 0.4) is 0 Å². The normalized spacial score (nSPS) is 27.4. The van der Waals surface area contributed by atoms with E-state index in [1.54, 1.807) is 20.8 Å². The van der Waals surface area contributed by atoms with Crippen LogP contribution >= 0.6 is 0 Å². The first-order valence-corrected chi connectivity index (χ1v) is 23.0. The summed E-state index contributed by atoms with van der Waals surface area (Å²) in [6.07, 6.45) is 5.74. The highest BCUT2D eigenvalue weighted by molar-refractivity contribution is 6.38. The van der Waals surface area contributed by atoms with Crippen molar-refractivity contribution in [1.29, 1.82) is 0 Å². The number of ketones is 1. The highest BCUT2D eigenvalue weighted by Crippen LogP contribution is 2.65. The molecule has 0 bridgehead atoms. The van der Waals surface area contributed by atoms with Crippen molar-refractivity contribution in [3.8, 4) is 0 Å². The van der Waals surface area contributed by atoms with E-state index in [0.717, 1.165) is 25.7 Å². The highest BCUT2D eigenvalue weighted by Gasteiger charge is 2.69. The Balaban J connectivity index is 0.000000609. The topological polar surface area (TPSA) is 251 Å². The molecule has 364 valence electrons. The molecule has 6 N–H and O–H groups in total. The molecule has 0 unspecified atom stereocenters. The summed E-state index contributed by atoms with van der Waals surface area (Å²) in [7, 11) is 0. The number of amides is 8. The average molecular weight is 915 g/mol. The number of alkyl carbamates (subject to hydrolysis) is 1. The van der Waals surface area contributed by atoms with Gasteiger partial charge in [-0.1, -0.05) is 80.2 Å². The number of esters is 1. The number of nitrogens with one attached hydrogen (secondary N) is 6. The first-order chi connectivity index (χ1) is 30.2. The maximum absolute atomic E-state index is 14.4. The van der Waals surface area contributed by atoms with Crippen LogP contribution in [0, 0.1) is 28.1 Å². The summed E-state index contributed by atoms with van der Waals surface area (Å²) in [6, 6.07) is -4.74. The first-order valence-electron chi connectivity index (χ1n) is 23.0. The van der Waals surface area contributed by atoms with Crippen LogP contribution in [0.4, 0.5) is 9.59 Å². The van der Waals surface area contributed by atoms with Crippen molar-refractivity contribution in [3.05, 3.63) is 12.7 Å². The average Bonchev–Trinajstić information content (AvgIpc) is 3.48. The number of fused-ring (bicyclic) bond motifs is 3. The maximum atomic E-state index is 14.4. The molecule has 1 saturated carbocycles. The number of Topliss-reactive ketones (excluding diaryl/α,β-unsaturated/α-hetero) is 1. The molecule has 0 aromatic carbocycles. The number of nitrogens with zero attached hydrogens (tertiary/aromatic N) is 2. The van der Waals surface area contributed by atoms with Gasteiger partial charge in [0.25, 0.3) is 5.91 Å². The lowest BCUT2D eigenvalue weighted by atomic mass is 9.80. The van der Waals surface area contributed by atoms with E-state index in [-0.39, 0.29) is 68.1 Å². The van der Waals surface area contributed by atoms with Crippen LogP contribution in [0.25, 0.3) is 0 Å². The van der Waals surface area contributed by atoms with Crippen LogP contribution in [-0.2, 0) is 43.0 Å². The smallest absolute Gasteiger partial charge is 0.408 e. The molecule has 5 aliphatic rings. The van der Waals surface area contributed by atoms with Gasteiger partial charge in [-0.25, -0.2) is 14.4 Å². The number of ether oxygens (including phenoxy) is 2. The number of carbonyl (C=O) groups excluding carboxylic acids is 9. The van der Waals surface area contributed by atoms with Gasteiger partial charge >= 0.3 is 18.1 Å². The standard InChI is InChI=1S/C38H61N7O7.C8H13NO4/c1-9-16-40-33(50)31(48)24-15-13-11-10-12-14-17-39-20-25(34(51)45-21-23-29(38(23,7)8)30(45)32(49)41-24)42-35(52)43-26(36(2,3)4)22-44-27(46)18-37(5,6)19-28(44)47;1-8(2,3)13-7(11)9-5-4-12-6(5)10/h9,23-26,29-30,39H,1,10-22H2,2-8H3,(H,40,50)(H,41,49)(H2,42,43,52);5H,4H2,1-3H3,(H,9,11)/t23-,24-,25-,26+,29-,30-;5-/m00/s1. The van der Waals surface area contributed by atoms with E-state index in [1.807, 2.05) is 34.6 Å². The molecule has 19 heteroatoms. The molecule has 4 heterocycles. The molecule has 0 aromatic rings. The second kappa shape index (κ2) is 21.5. The molecular formula is C46H74N8O11. The Hall–Kier alpha value is -5.07. The Labute approximate surface area is 383 Å². The van der Waals surface area contributed by atoms with Crippen LogP contribution in [0.15, 0.2) is 12.7 Å². The number of imide groups is 1. The predicted molar refractivity (Wildman–Crippen MR) is 240 cm³/mol. The van der Waals surface area contributed by atoms with Crippen molar-refractivity contribution in [1.82, 2.24) is 41.7 Å². The molecule has 4 saturated heterocycles. The fourth-order valence-electron chi connectivity index (χ4n) is 8.80. The summed E-state index contributed by atoms with van der Waals surface area (Å²) < 4.78 is 9.40. The van der Waals surface area contributed by atoms with E-state index in [0.29, 0.717) is 25.9 Å². The zero-order chi connectivity index (χ0) is 48.7. The van der Waals surface area contributed by atoms with E-state index >= 15 is 0 Å². The third kappa shape index (κ3) is 14.5. The Morgan fingerprint density at radius 3 is 2.11 bits per heavy atom. The number of urea groups is 1. The van der Waals surface area contributed by atoms with Crippen molar-refractivity contribution in [2.24, 2.45) is 28.1 Å². The van der Waals surface area contributed by atoms with Gasteiger partial charge in [0.1, 0.15) is 24.3 Å². The van der Waals surface area contributed by atoms with E-state index in [4.69, 9.17) is 4.74 Å². The summed E-state index contributed by atoms with van der Waals surface area (Å²) in [6.45, 7) is 23.8. The van der Waals surface area contributed by atoms with Gasteiger partial charge in [0, 0.05) is 39.0 Å². The zero-order valence-corrected chi connectivity index (χ0v) is 40.1. The quantitative estimate of drug-likeness (QED) is 0.0845. The van der Waals surface area contributed by atoms with E-state index in [9.17, 15) is 43.2 Å². The highest BCUT2D eigenvalue weighted by atomic mass is 16.6. The monoisotopic (exact) mass is 915 g/mol. The van der Waals surface area contributed by atoms with Crippen LogP contribution in [0.5, 0.6) is 0 Å². The maximum Gasteiger partial charge on any atom is 0.408 e. The van der Waals surface area contributed by atoms with Crippen molar-refractivity contribution >= 4 is 53.4 Å². The Morgan fingerprint density at radius 1 is 0.908 bits per heavy atom. The minimum atomic E-state index is -1.04. The summed E-state index contributed by atoms with van der Waals surface area (Å²) in [5.41, 5.74) is -1.73. The SMILES string of the molecule is C=CCNC(=O)C(=O)[C@@H]1CCCCCCCNC[C@H](NC(=O)N[C@H](CN2C(=O)CC(C)(C)CC2=O)C(C)(C)C)C(=O)N2C[C@H]3[C@@H]([C@H]2C(=O)N1)C3(C)C.CC(C)(C)OC(=O)N[C@H]1COC1=O. The molecule has 8 amide bonds. The number of carbonyl (C=O) groups is 9. The lowest BCUT2D eigenvalue weighted by Gasteiger charge is -2.40. The van der Waals surface area contributed by atoms with Crippen LogP contribution in [0.2, 0.25) is 0 Å². The molecule has 1 aliphatic carbocycles.